The van der Waals surface area contributed by atoms with E-state index < -0.39 is 27.6 Å². The molecule has 12 heavy (non-hydrogen) atoms. The van der Waals surface area contributed by atoms with Gasteiger partial charge >= 0.3 is 0 Å². The van der Waals surface area contributed by atoms with Gasteiger partial charge in [-0.25, -0.2) is 0 Å². The second kappa shape index (κ2) is 4.83. The molecule has 0 aliphatic rings. The van der Waals surface area contributed by atoms with E-state index in [9.17, 15) is 9.59 Å². The van der Waals surface area contributed by atoms with Crippen LogP contribution >= 0.6 is 16.3 Å². The molecule has 0 aliphatic heterocycles. The molecule has 0 fully saturated rings. The summed E-state index contributed by atoms with van der Waals surface area (Å²) in [7, 11) is -2.34. The fraction of sp³-hybridized carbons (Fsp3) is 0.600. The first-order valence-electron chi connectivity index (χ1n) is 3.04. The highest BCUT2D eigenvalue weighted by Gasteiger charge is 2.24. The van der Waals surface area contributed by atoms with Crippen LogP contribution in [0.1, 0.15) is 0 Å². The molecule has 0 aliphatic carbocycles. The lowest BCUT2D eigenvalue weighted by atomic mass is 10.9. The van der Waals surface area contributed by atoms with Crippen LogP contribution in [0.15, 0.2) is 0 Å². The molecule has 0 radical (unpaired) electrons. The molecule has 0 aromatic heterocycles. The Morgan fingerprint density at radius 1 is 1.08 bits per heavy atom. The van der Waals surface area contributed by atoms with Gasteiger partial charge in [-0.15, -0.1) is 0 Å². The van der Waals surface area contributed by atoms with Crippen molar-refractivity contribution in [2.45, 2.75) is 0 Å². The number of hydrogen-bond donors (Lipinski definition) is 2. The quantitative estimate of drug-likeness (QED) is 0.672. The third kappa shape index (κ3) is 3.11. The number of hydrogen-bond acceptors (Lipinski definition) is 4. The maximum atomic E-state index is 11.0. The van der Waals surface area contributed by atoms with Crippen LogP contribution in [0.5, 0.6) is 0 Å². The predicted molar refractivity (Wildman–Crippen MR) is 48.7 cm³/mol. The third-order valence-electron chi connectivity index (χ3n) is 1.13. The molecule has 0 saturated heterocycles. The molecule has 2 N–H and O–H groups in total. The van der Waals surface area contributed by atoms with Crippen molar-refractivity contribution in [3.05, 3.63) is 0 Å². The smallest absolute Gasteiger partial charge is 0.277 e. The van der Waals surface area contributed by atoms with Crippen molar-refractivity contribution in [2.75, 3.05) is 20.4 Å². The van der Waals surface area contributed by atoms with E-state index in [1.165, 1.54) is 20.4 Å². The molecule has 2 unspecified atom stereocenters. The average molecular weight is 211 g/mol. The summed E-state index contributed by atoms with van der Waals surface area (Å²) in [5.74, 6) is 0. The van der Waals surface area contributed by atoms with E-state index in [0.29, 0.717) is 0 Å². The SMILES string of the molecule is CN(C(=O)P(C)O)C(=O)P(C)O. The highest BCUT2D eigenvalue weighted by atomic mass is 31.1. The van der Waals surface area contributed by atoms with Crippen LogP contribution in [0.2, 0.25) is 0 Å². The van der Waals surface area contributed by atoms with Gasteiger partial charge in [-0.3, -0.25) is 14.5 Å². The molecule has 2 atom stereocenters. The lowest BCUT2D eigenvalue weighted by Gasteiger charge is -2.17. The summed E-state index contributed by atoms with van der Waals surface area (Å²) in [5, 5.41) is 0. The average Bonchev–Trinajstić information content (AvgIpc) is 2.00. The summed E-state index contributed by atoms with van der Waals surface area (Å²) in [5.41, 5.74) is -1.28. The summed E-state index contributed by atoms with van der Waals surface area (Å²) in [6.45, 7) is 2.66. The summed E-state index contributed by atoms with van der Waals surface area (Å²) in [6.07, 6.45) is 0. The first kappa shape index (κ1) is 11.9. The molecule has 0 aromatic carbocycles. The van der Waals surface area contributed by atoms with Crippen LogP contribution < -0.4 is 0 Å². The van der Waals surface area contributed by atoms with Crippen LogP contribution in [0.4, 0.5) is 9.59 Å². The number of carbonyl (C=O) groups excluding carboxylic acids is 2. The summed E-state index contributed by atoms with van der Waals surface area (Å²) < 4.78 is 0. The van der Waals surface area contributed by atoms with E-state index >= 15 is 0 Å². The Bertz CT molecular complexity index is 174. The van der Waals surface area contributed by atoms with Crippen molar-refractivity contribution in [2.24, 2.45) is 0 Å². The van der Waals surface area contributed by atoms with Crippen molar-refractivity contribution < 1.29 is 19.4 Å². The zero-order chi connectivity index (χ0) is 9.89. The van der Waals surface area contributed by atoms with Gasteiger partial charge in [0.2, 0.25) is 0 Å². The van der Waals surface area contributed by atoms with Gasteiger partial charge in [0, 0.05) is 7.05 Å². The van der Waals surface area contributed by atoms with E-state index in [2.05, 4.69) is 0 Å². The van der Waals surface area contributed by atoms with Crippen LogP contribution in [-0.2, 0) is 0 Å². The maximum Gasteiger partial charge on any atom is 0.277 e. The van der Waals surface area contributed by atoms with Crippen molar-refractivity contribution in [1.29, 1.82) is 0 Å². The zero-order valence-corrected chi connectivity index (χ0v) is 8.84. The summed E-state index contributed by atoms with van der Waals surface area (Å²) in [4.78, 5) is 40.4. The third-order valence-corrected chi connectivity index (χ3v) is 2.83. The Hall–Kier alpha value is -0.0800. The van der Waals surface area contributed by atoms with E-state index in [4.69, 9.17) is 9.79 Å². The van der Waals surface area contributed by atoms with Gasteiger partial charge in [0.15, 0.2) is 0 Å². The minimum atomic E-state index is -1.79. The molecule has 5 nitrogen and oxygen atoms in total. The Morgan fingerprint density at radius 3 is 1.50 bits per heavy atom. The number of imide groups is 1. The molecule has 2 amide bonds. The monoisotopic (exact) mass is 211 g/mol. The van der Waals surface area contributed by atoms with E-state index in [-0.39, 0.29) is 0 Å². The largest absolute Gasteiger partial charge is 0.365 e. The maximum absolute atomic E-state index is 11.0. The summed E-state index contributed by atoms with van der Waals surface area (Å²) >= 11 is 0. The Balaban J connectivity index is 4.30. The Labute approximate surface area is 73.0 Å². The van der Waals surface area contributed by atoms with Gasteiger partial charge in [0.1, 0.15) is 16.3 Å². The van der Waals surface area contributed by atoms with Gasteiger partial charge in [0.05, 0.1) is 0 Å². The summed E-state index contributed by atoms with van der Waals surface area (Å²) in [6, 6.07) is 0. The van der Waals surface area contributed by atoms with Crippen LogP contribution in [-0.4, -0.2) is 46.4 Å². The topological polar surface area (TPSA) is 77.8 Å². The molecular weight excluding hydrogens is 200 g/mol. The van der Waals surface area contributed by atoms with Crippen molar-refractivity contribution >= 4 is 27.6 Å². The molecule has 0 rings (SSSR count). The second-order valence-electron chi connectivity index (χ2n) is 2.17. The van der Waals surface area contributed by atoms with Crippen LogP contribution in [0.25, 0.3) is 0 Å². The standard InChI is InChI=1S/C5H11NO4P2/c1-6(4(7)11(2)9)5(8)12(3)10/h9-10H,1-3H3. The number of nitrogens with zero attached hydrogens (tertiary/aromatic N) is 1. The number of amides is 2. The van der Waals surface area contributed by atoms with Crippen molar-refractivity contribution in [3.63, 3.8) is 0 Å². The van der Waals surface area contributed by atoms with E-state index in [1.807, 2.05) is 0 Å². The molecule has 0 heterocycles. The number of rotatable bonds is 2. The molecule has 0 bridgehead atoms. The first-order chi connectivity index (χ1) is 5.37. The first-order valence-corrected chi connectivity index (χ1v) is 6.53. The van der Waals surface area contributed by atoms with E-state index in [1.54, 1.807) is 0 Å². The van der Waals surface area contributed by atoms with Crippen molar-refractivity contribution in [3.8, 4) is 0 Å². The zero-order valence-electron chi connectivity index (χ0n) is 7.05. The van der Waals surface area contributed by atoms with Gasteiger partial charge in [-0.05, 0) is 13.3 Å². The minimum Gasteiger partial charge on any atom is -0.365 e. The fourth-order valence-corrected chi connectivity index (χ4v) is 1.64. The van der Waals surface area contributed by atoms with Gasteiger partial charge in [-0.1, -0.05) is 0 Å². The Kier molecular flexibility index (Phi) is 4.80. The van der Waals surface area contributed by atoms with Crippen LogP contribution in [0, 0.1) is 0 Å². The molecule has 0 saturated carbocycles. The Morgan fingerprint density at radius 2 is 1.33 bits per heavy atom. The van der Waals surface area contributed by atoms with Gasteiger partial charge < -0.3 is 9.79 Å². The normalized spacial score (nSPS) is 15.1. The lowest BCUT2D eigenvalue weighted by molar-refractivity contribution is 0.220. The highest BCUT2D eigenvalue weighted by Crippen LogP contribution is 2.34. The number of carbonyl (C=O) groups is 2. The molecule has 0 aromatic rings. The predicted octanol–water partition coefficient (Wildman–Crippen LogP) is 1.20. The van der Waals surface area contributed by atoms with Gasteiger partial charge in [0.25, 0.3) is 11.3 Å². The van der Waals surface area contributed by atoms with E-state index in [0.717, 1.165) is 4.90 Å². The van der Waals surface area contributed by atoms with Gasteiger partial charge in [-0.2, -0.15) is 0 Å². The van der Waals surface area contributed by atoms with Crippen LogP contribution in [0.3, 0.4) is 0 Å². The van der Waals surface area contributed by atoms with Crippen molar-refractivity contribution in [1.82, 2.24) is 4.90 Å². The molecule has 7 heteroatoms. The fourth-order valence-electron chi connectivity index (χ4n) is 0.516. The lowest BCUT2D eigenvalue weighted by Crippen LogP contribution is -2.28. The second-order valence-corrected chi connectivity index (χ2v) is 5.03. The highest BCUT2D eigenvalue weighted by molar-refractivity contribution is 7.71. The molecule has 70 valence electrons. The molecule has 0 spiro atoms. The molecular formula is C5H11NO4P2. The minimum absolute atomic E-state index is 0.640.